The van der Waals surface area contributed by atoms with Gasteiger partial charge < -0.3 is 5.32 Å². The molecule has 0 aliphatic carbocycles. The number of aryl methyl sites for hydroxylation is 1. The molecule has 0 spiro atoms. The van der Waals surface area contributed by atoms with Gasteiger partial charge in [0.05, 0.1) is 39.3 Å². The van der Waals surface area contributed by atoms with Gasteiger partial charge in [0.25, 0.3) is 0 Å². The highest BCUT2D eigenvalue weighted by molar-refractivity contribution is 7.58. The second kappa shape index (κ2) is 5.55. The minimum atomic E-state index is 0.517. The molecule has 0 amide bonds. The first-order valence-corrected chi connectivity index (χ1v) is 7.54. The molecule has 1 aromatic carbocycles. The van der Waals surface area contributed by atoms with E-state index in [4.69, 9.17) is 23.2 Å². The lowest BCUT2D eigenvalue weighted by molar-refractivity contribution is 0.627. The van der Waals surface area contributed by atoms with Gasteiger partial charge >= 0.3 is 0 Å². The van der Waals surface area contributed by atoms with Crippen molar-refractivity contribution in [1.29, 1.82) is 0 Å². The van der Waals surface area contributed by atoms with Crippen molar-refractivity contribution in [3.8, 4) is 0 Å². The lowest BCUT2D eigenvalue weighted by Gasteiger charge is -2.12. The summed E-state index contributed by atoms with van der Waals surface area (Å²) in [5, 5.41) is 8.59. The smallest absolute Gasteiger partial charge is 0.130 e. The third kappa shape index (κ3) is 2.34. The van der Waals surface area contributed by atoms with E-state index in [2.05, 4.69) is 19.1 Å². The van der Waals surface area contributed by atoms with Crippen molar-refractivity contribution in [2.45, 2.75) is 20.0 Å². The van der Waals surface area contributed by atoms with Crippen LogP contribution in [0.4, 0.5) is 17.1 Å². The summed E-state index contributed by atoms with van der Waals surface area (Å²) in [5.74, 6) is 0. The van der Waals surface area contributed by atoms with Crippen molar-refractivity contribution in [2.24, 2.45) is 8.73 Å². The molecule has 1 N–H and O–H groups in total. The molecule has 0 atom stereocenters. The quantitative estimate of drug-likeness (QED) is 0.764. The van der Waals surface area contributed by atoms with Gasteiger partial charge in [0.15, 0.2) is 0 Å². The summed E-state index contributed by atoms with van der Waals surface area (Å²) < 4.78 is 10.4. The summed E-state index contributed by atoms with van der Waals surface area (Å²) in [5.41, 5.74) is 3.21. The van der Waals surface area contributed by atoms with E-state index in [-0.39, 0.29) is 0 Å². The van der Waals surface area contributed by atoms with Crippen molar-refractivity contribution < 1.29 is 0 Å². The van der Waals surface area contributed by atoms with Crippen molar-refractivity contribution >= 4 is 51.6 Å². The van der Waals surface area contributed by atoms with E-state index < -0.39 is 0 Å². The minimum absolute atomic E-state index is 0.517. The molecule has 3 rings (SSSR count). The standard InChI is InChI=1S/C12H11Cl2N5S/c1-2-19-7(3-4-16-19)6-15-10-8(13)5-9(14)11-12(10)18-20-17-11/h3-5,15H,2,6H2,1H3. The molecule has 1 aliphatic rings. The average molecular weight is 328 g/mol. The van der Waals surface area contributed by atoms with Gasteiger partial charge in [-0.15, -0.1) is 0 Å². The Kier molecular flexibility index (Phi) is 3.78. The fourth-order valence-electron chi connectivity index (χ4n) is 2.02. The molecular weight excluding hydrogens is 317 g/mol. The van der Waals surface area contributed by atoms with E-state index in [9.17, 15) is 0 Å². The van der Waals surface area contributed by atoms with Gasteiger partial charge in [0, 0.05) is 12.7 Å². The van der Waals surface area contributed by atoms with Gasteiger partial charge in [-0.25, -0.2) is 0 Å². The zero-order valence-electron chi connectivity index (χ0n) is 10.6. The van der Waals surface area contributed by atoms with Crippen molar-refractivity contribution in [1.82, 2.24) is 9.78 Å². The van der Waals surface area contributed by atoms with Crippen molar-refractivity contribution in [3.63, 3.8) is 0 Å². The summed E-state index contributed by atoms with van der Waals surface area (Å²) in [4.78, 5) is 0. The van der Waals surface area contributed by atoms with Gasteiger partial charge in [0.2, 0.25) is 0 Å². The van der Waals surface area contributed by atoms with Crippen LogP contribution in [0.25, 0.3) is 0 Å². The fourth-order valence-corrected chi connectivity index (χ4v) is 3.20. The molecule has 0 saturated carbocycles. The third-order valence-corrected chi connectivity index (χ3v) is 4.11. The maximum atomic E-state index is 6.25. The number of nitrogens with one attached hydrogen (secondary N) is 1. The lowest BCUT2D eigenvalue weighted by Crippen LogP contribution is -2.08. The van der Waals surface area contributed by atoms with Gasteiger partial charge in [-0.05, 0) is 19.1 Å². The molecule has 104 valence electrons. The predicted octanol–water partition coefficient (Wildman–Crippen LogP) is 4.55. The Hall–Kier alpha value is -1.37. The van der Waals surface area contributed by atoms with Crippen LogP contribution in [0.3, 0.4) is 0 Å². The van der Waals surface area contributed by atoms with Crippen LogP contribution in [0.1, 0.15) is 12.6 Å². The van der Waals surface area contributed by atoms with Crippen LogP contribution in [0.2, 0.25) is 10.0 Å². The Labute approximate surface area is 129 Å². The highest BCUT2D eigenvalue weighted by Crippen LogP contribution is 2.47. The zero-order chi connectivity index (χ0) is 14.1. The van der Waals surface area contributed by atoms with E-state index in [0.29, 0.717) is 28.0 Å². The second-order valence-corrected chi connectivity index (χ2v) is 5.51. The molecule has 0 fully saturated rings. The Morgan fingerprint density at radius 2 is 2.05 bits per heavy atom. The lowest BCUT2D eigenvalue weighted by atomic mass is 10.2. The number of anilines is 1. The average Bonchev–Trinajstić information content (AvgIpc) is 3.06. The molecule has 2 heterocycles. The molecule has 5 nitrogen and oxygen atoms in total. The molecule has 0 bridgehead atoms. The van der Waals surface area contributed by atoms with Crippen LogP contribution in [0, 0.1) is 0 Å². The number of halogens is 2. The van der Waals surface area contributed by atoms with Crippen molar-refractivity contribution in [2.75, 3.05) is 5.32 Å². The topological polar surface area (TPSA) is 54.6 Å². The molecule has 0 saturated heterocycles. The predicted molar refractivity (Wildman–Crippen MR) is 83.2 cm³/mol. The molecule has 2 aromatic rings. The number of nitrogens with zero attached hydrogens (tertiary/aromatic N) is 4. The van der Waals surface area contributed by atoms with Gasteiger partial charge in [-0.3, -0.25) is 4.68 Å². The summed E-state index contributed by atoms with van der Waals surface area (Å²) >= 11 is 13.5. The molecular formula is C12H11Cl2N5S. The number of hydrogen-bond donors (Lipinski definition) is 1. The highest BCUT2D eigenvalue weighted by atomic mass is 35.5. The first-order chi connectivity index (χ1) is 9.70. The number of aromatic nitrogens is 2. The van der Waals surface area contributed by atoms with E-state index in [1.165, 1.54) is 0 Å². The first kappa shape index (κ1) is 13.6. The summed E-state index contributed by atoms with van der Waals surface area (Å²) in [6, 6.07) is 3.66. The van der Waals surface area contributed by atoms with E-state index in [1.807, 2.05) is 17.7 Å². The van der Waals surface area contributed by atoms with Crippen LogP contribution in [-0.4, -0.2) is 9.78 Å². The van der Waals surface area contributed by atoms with E-state index in [0.717, 1.165) is 29.3 Å². The molecule has 20 heavy (non-hydrogen) atoms. The maximum Gasteiger partial charge on any atom is 0.130 e. The fraction of sp³-hybridized carbons (Fsp3) is 0.250. The normalized spacial score (nSPS) is 12.3. The zero-order valence-corrected chi connectivity index (χ0v) is 12.9. The van der Waals surface area contributed by atoms with E-state index >= 15 is 0 Å². The molecule has 0 unspecified atom stereocenters. The van der Waals surface area contributed by atoms with E-state index in [1.54, 1.807) is 12.3 Å². The van der Waals surface area contributed by atoms with Gasteiger partial charge in [-0.1, -0.05) is 23.2 Å². The SMILES string of the molecule is CCn1nccc1CNc1c(Cl)cc(Cl)c2c1N=S=N2. The molecule has 1 aromatic heterocycles. The van der Waals surface area contributed by atoms with Crippen molar-refractivity contribution in [3.05, 3.63) is 34.1 Å². The maximum absolute atomic E-state index is 6.25. The number of benzene rings is 1. The monoisotopic (exact) mass is 327 g/mol. The molecule has 0 radical (unpaired) electrons. The molecule has 1 aliphatic heterocycles. The third-order valence-electron chi connectivity index (χ3n) is 2.99. The number of hydrogen-bond acceptors (Lipinski definition) is 4. The Morgan fingerprint density at radius 3 is 2.85 bits per heavy atom. The Balaban J connectivity index is 1.89. The van der Waals surface area contributed by atoms with Crippen LogP contribution < -0.4 is 5.32 Å². The van der Waals surface area contributed by atoms with Gasteiger partial charge in [-0.2, -0.15) is 13.8 Å². The summed E-state index contributed by atoms with van der Waals surface area (Å²) in [6.45, 7) is 3.49. The Morgan fingerprint density at radius 1 is 1.25 bits per heavy atom. The minimum Gasteiger partial charge on any atom is -0.376 e. The van der Waals surface area contributed by atoms with Crippen LogP contribution in [0.15, 0.2) is 27.1 Å². The summed E-state index contributed by atoms with van der Waals surface area (Å²) in [7, 11) is 0. The van der Waals surface area contributed by atoms with Crippen LogP contribution >= 0.6 is 23.2 Å². The van der Waals surface area contributed by atoms with Crippen LogP contribution in [0.5, 0.6) is 0 Å². The largest absolute Gasteiger partial charge is 0.376 e. The number of rotatable bonds is 4. The second-order valence-electron chi connectivity index (χ2n) is 4.17. The number of fused-ring (bicyclic) bond motifs is 1. The first-order valence-electron chi connectivity index (χ1n) is 6.05. The molecule has 8 heteroatoms. The summed E-state index contributed by atoms with van der Waals surface area (Å²) in [6.07, 6.45) is 1.78. The Bertz CT molecular complexity index is 734. The van der Waals surface area contributed by atoms with Gasteiger partial charge in [0.1, 0.15) is 11.4 Å². The highest BCUT2D eigenvalue weighted by Gasteiger charge is 2.18. The van der Waals surface area contributed by atoms with Crippen LogP contribution in [-0.2, 0) is 24.4 Å².